The van der Waals surface area contributed by atoms with E-state index in [0.717, 1.165) is 0 Å². The van der Waals surface area contributed by atoms with Gasteiger partial charge in [0.15, 0.2) is 0 Å². The number of furan rings is 1. The predicted molar refractivity (Wildman–Crippen MR) is 102 cm³/mol. The highest BCUT2D eigenvalue weighted by molar-refractivity contribution is 7.97. The monoisotopic (exact) mass is 390 g/mol. The zero-order valence-corrected chi connectivity index (χ0v) is 14.9. The summed E-state index contributed by atoms with van der Waals surface area (Å²) in [6, 6.07) is 9.37. The number of anilines is 1. The molecule has 28 heavy (non-hydrogen) atoms. The van der Waals surface area contributed by atoms with Gasteiger partial charge in [-0.05, 0) is 35.7 Å². The van der Waals surface area contributed by atoms with E-state index in [2.05, 4.69) is 9.57 Å². The Labute approximate surface area is 161 Å². The van der Waals surface area contributed by atoms with Gasteiger partial charge in [0, 0.05) is 23.3 Å². The Morgan fingerprint density at radius 3 is 2.57 bits per heavy atom. The lowest BCUT2D eigenvalue weighted by Gasteiger charge is -2.07. The van der Waals surface area contributed by atoms with E-state index in [4.69, 9.17) is 22.1 Å². The van der Waals surface area contributed by atoms with Gasteiger partial charge in [-0.2, -0.15) is 8.42 Å². The summed E-state index contributed by atoms with van der Waals surface area (Å²) < 4.78 is 36.2. The smallest absolute Gasteiger partial charge is 0.342 e. The Bertz CT molecular complexity index is 1240. The van der Waals surface area contributed by atoms with Crippen molar-refractivity contribution in [1.82, 2.24) is 0 Å². The van der Waals surface area contributed by atoms with E-state index in [1.807, 2.05) is 17.1 Å². The minimum atomic E-state index is -3.91. The van der Waals surface area contributed by atoms with Gasteiger partial charge in [0.1, 0.15) is 11.5 Å². The van der Waals surface area contributed by atoms with Crippen LogP contribution in [0, 0.1) is 30.1 Å². The molecular formula is C20H10N2O5S. The number of hydrogen-bond acceptors (Lipinski definition) is 5. The van der Waals surface area contributed by atoms with Crippen molar-refractivity contribution in [3.63, 3.8) is 0 Å². The molecule has 1 aromatic carbocycles. The quantitative estimate of drug-likeness (QED) is 0.493. The lowest BCUT2D eigenvalue weighted by molar-refractivity contribution is -0.132. The fourth-order valence-electron chi connectivity index (χ4n) is 2.38. The number of terminal acetylenes is 1. The van der Waals surface area contributed by atoms with Crippen LogP contribution >= 0.6 is 0 Å². The first-order chi connectivity index (χ1) is 13.4. The number of benzene rings is 1. The van der Waals surface area contributed by atoms with Crippen LogP contribution in [0.1, 0.15) is 11.3 Å². The summed E-state index contributed by atoms with van der Waals surface area (Å²) in [6.45, 7) is 7.27. The van der Waals surface area contributed by atoms with Crippen molar-refractivity contribution in [3.8, 4) is 23.5 Å². The molecule has 0 saturated carbocycles. The molecule has 1 aromatic heterocycles. The van der Waals surface area contributed by atoms with Crippen molar-refractivity contribution in [1.29, 1.82) is 0 Å². The maximum absolute atomic E-state index is 12.0. The summed E-state index contributed by atoms with van der Waals surface area (Å²) in [5, 5.41) is 1.92. The molecule has 0 amide bonds. The van der Waals surface area contributed by atoms with E-state index in [-0.39, 0.29) is 22.7 Å². The van der Waals surface area contributed by atoms with Crippen LogP contribution in [0.2, 0.25) is 0 Å². The van der Waals surface area contributed by atoms with Gasteiger partial charge < -0.3 is 9.15 Å². The number of hydrogen-bond donors (Lipinski definition) is 1. The van der Waals surface area contributed by atoms with Crippen molar-refractivity contribution in [2.24, 2.45) is 0 Å². The molecule has 0 saturated heterocycles. The number of allylic oxidation sites excluding steroid dienone is 1. The van der Waals surface area contributed by atoms with Crippen LogP contribution < -0.4 is 4.72 Å². The van der Waals surface area contributed by atoms with Gasteiger partial charge in [-0.25, -0.2) is 4.85 Å². The Morgan fingerprint density at radius 2 is 1.96 bits per heavy atom. The maximum atomic E-state index is 12.0. The predicted octanol–water partition coefficient (Wildman–Crippen LogP) is 2.84. The Hall–Kier alpha value is -4.19. The molecule has 0 atom stereocenters. The van der Waals surface area contributed by atoms with E-state index in [1.165, 1.54) is 24.5 Å². The van der Waals surface area contributed by atoms with E-state index in [9.17, 15) is 13.2 Å². The second-order valence-electron chi connectivity index (χ2n) is 5.30. The van der Waals surface area contributed by atoms with Gasteiger partial charge in [0.2, 0.25) is 0 Å². The highest BCUT2D eigenvalue weighted by Crippen LogP contribution is 2.37. The average Bonchev–Trinajstić information content (AvgIpc) is 3.28. The third-order valence-electron chi connectivity index (χ3n) is 3.49. The maximum Gasteiger partial charge on any atom is 0.342 e. The van der Waals surface area contributed by atoms with Crippen LogP contribution in [0.5, 0.6) is 0 Å². The minimum absolute atomic E-state index is 0.166. The van der Waals surface area contributed by atoms with Crippen molar-refractivity contribution < 1.29 is 22.4 Å². The van der Waals surface area contributed by atoms with Gasteiger partial charge in [-0.3, -0.25) is 9.52 Å². The first-order valence-electron chi connectivity index (χ1n) is 7.63. The highest BCUT2D eigenvalue weighted by atomic mass is 32.2. The summed E-state index contributed by atoms with van der Waals surface area (Å²) >= 11 is 0. The number of cyclic esters (lactones) is 1. The summed E-state index contributed by atoms with van der Waals surface area (Å²) in [5.74, 6) is 3.79. The summed E-state index contributed by atoms with van der Waals surface area (Å²) in [7, 11) is -3.91. The van der Waals surface area contributed by atoms with Crippen LogP contribution in [0.4, 0.5) is 5.69 Å². The lowest BCUT2D eigenvalue weighted by atomic mass is 10.0. The van der Waals surface area contributed by atoms with Crippen LogP contribution in [0.15, 0.2) is 58.5 Å². The number of sulfonamides is 1. The molecule has 0 unspecified atom stereocenters. The molecule has 0 radical (unpaired) electrons. The molecule has 0 aliphatic carbocycles. The van der Waals surface area contributed by atoms with E-state index < -0.39 is 16.0 Å². The fraction of sp³-hybridized carbons (Fsp3) is 0. The molecule has 2 heterocycles. The number of carbonyl (C=O) groups excluding carboxylic acids is 1. The highest BCUT2D eigenvalue weighted by Gasteiger charge is 2.31. The largest absolute Gasteiger partial charge is 0.465 e. The van der Waals surface area contributed by atoms with E-state index >= 15 is 0 Å². The number of rotatable bonds is 4. The van der Waals surface area contributed by atoms with Crippen LogP contribution in [-0.4, -0.2) is 14.4 Å². The molecular weight excluding hydrogens is 380 g/mol. The Balaban J connectivity index is 1.97. The number of nitrogens with zero attached hydrogens (tertiary/aromatic N) is 1. The lowest BCUT2D eigenvalue weighted by Crippen LogP contribution is -2.09. The van der Waals surface area contributed by atoms with Gasteiger partial charge in [0.05, 0.1) is 18.1 Å². The third kappa shape index (κ3) is 3.96. The molecule has 1 aliphatic heterocycles. The Morgan fingerprint density at radius 1 is 1.21 bits per heavy atom. The zero-order chi connectivity index (χ0) is 20.1. The molecule has 3 rings (SSSR count). The Kier molecular flexibility index (Phi) is 5.04. The average molecular weight is 390 g/mol. The number of ether oxygens (including phenoxy) is 1. The molecule has 0 spiro atoms. The minimum Gasteiger partial charge on any atom is -0.465 e. The number of esters is 1. The molecule has 8 heteroatoms. The first-order valence-corrected chi connectivity index (χ1v) is 9.12. The van der Waals surface area contributed by atoms with Crippen molar-refractivity contribution >= 4 is 33.3 Å². The van der Waals surface area contributed by atoms with Crippen molar-refractivity contribution in [2.75, 3.05) is 4.72 Å². The first kappa shape index (κ1) is 18.6. The second-order valence-corrected chi connectivity index (χ2v) is 6.72. The van der Waals surface area contributed by atoms with Gasteiger partial charge in [-0.1, -0.05) is 12.1 Å². The fourth-order valence-corrected chi connectivity index (χ4v) is 3.08. The molecule has 2 aromatic rings. The molecule has 1 N–H and O–H groups in total. The van der Waals surface area contributed by atoms with Gasteiger partial charge >= 0.3 is 16.0 Å². The van der Waals surface area contributed by atoms with Crippen LogP contribution in [0.25, 0.3) is 16.5 Å². The van der Waals surface area contributed by atoms with E-state index in [1.54, 1.807) is 24.3 Å². The topological polar surface area (TPSA) is 90.0 Å². The summed E-state index contributed by atoms with van der Waals surface area (Å²) in [4.78, 5) is 15.3. The summed E-state index contributed by atoms with van der Waals surface area (Å²) in [5.41, 5.74) is 0.845. The van der Waals surface area contributed by atoms with Crippen molar-refractivity contribution in [3.05, 3.63) is 76.9 Å². The SMILES string of the molecule is [C-]#[N+]C1=C(c2ccc(NS(=O)(=O)C#CC#C)cc2)/C(=C/c2ccco2)OC1=O. The van der Waals surface area contributed by atoms with E-state index in [0.29, 0.717) is 11.3 Å². The standard InChI is InChI=1S/C20H10N2O5S/c1-3-4-12-28(24,25)22-15-9-7-14(8-10-15)18-17(13-16-6-5-11-26-16)27-20(23)19(18)21-2/h1,5-11,13,22H/b17-13-. The second kappa shape index (κ2) is 7.59. The molecule has 0 fully saturated rings. The summed E-state index contributed by atoms with van der Waals surface area (Å²) in [6.07, 6.45) is 7.88. The molecule has 136 valence electrons. The molecule has 1 aliphatic rings. The third-order valence-corrected chi connectivity index (χ3v) is 4.37. The zero-order valence-electron chi connectivity index (χ0n) is 14.1. The molecule has 0 bridgehead atoms. The van der Waals surface area contributed by atoms with Gasteiger partial charge in [-0.15, -0.1) is 6.42 Å². The van der Waals surface area contributed by atoms with Crippen molar-refractivity contribution in [2.45, 2.75) is 0 Å². The van der Waals surface area contributed by atoms with Gasteiger partial charge in [0.25, 0.3) is 5.70 Å². The number of carbonyl (C=O) groups is 1. The van der Waals surface area contributed by atoms with Crippen LogP contribution in [0.3, 0.4) is 0 Å². The normalized spacial score (nSPS) is 14.6. The molecule has 7 nitrogen and oxygen atoms in total. The van der Waals surface area contributed by atoms with Crippen LogP contribution in [-0.2, 0) is 19.6 Å². The number of nitrogens with one attached hydrogen (secondary N) is 1.